The second-order valence-corrected chi connectivity index (χ2v) is 2.00. The van der Waals surface area contributed by atoms with Crippen LogP contribution in [0.25, 0.3) is 12.2 Å². The highest BCUT2D eigenvalue weighted by atomic mass is 16.6. The third-order valence-corrected chi connectivity index (χ3v) is 1.43. The number of hydrogen-bond donors (Lipinski definition) is 0. The van der Waals surface area contributed by atoms with Crippen molar-refractivity contribution in [2.75, 3.05) is 7.11 Å². The van der Waals surface area contributed by atoms with Crippen LogP contribution in [0.15, 0.2) is 23.8 Å². The average Bonchev–Trinajstić information content (AvgIpc) is 2.45. The summed E-state index contributed by atoms with van der Waals surface area (Å²) >= 11 is 0. The fourth-order valence-corrected chi connectivity index (χ4v) is 0.879. The molecule has 0 saturated carbocycles. The van der Waals surface area contributed by atoms with Crippen LogP contribution in [0.3, 0.4) is 0 Å². The number of ether oxygens (including phenoxy) is 1. The van der Waals surface area contributed by atoms with Crippen LogP contribution >= 0.6 is 0 Å². The fourth-order valence-electron chi connectivity index (χ4n) is 0.879. The molecule has 58 valence electrons. The van der Waals surface area contributed by atoms with E-state index in [0.29, 0.717) is 5.95 Å². The normalized spacial score (nSPS) is 9.18. The minimum Gasteiger partial charge on any atom is -0.468 e. The zero-order valence-electron chi connectivity index (χ0n) is 6.46. The first-order valence-electron chi connectivity index (χ1n) is 3.23. The van der Waals surface area contributed by atoms with Crippen molar-refractivity contribution < 1.29 is 9.15 Å². The molecule has 11 heavy (non-hydrogen) atoms. The van der Waals surface area contributed by atoms with Crippen LogP contribution < -0.4 is 4.74 Å². The highest BCUT2D eigenvalue weighted by molar-refractivity contribution is 5.66. The van der Waals surface area contributed by atoms with Crippen molar-refractivity contribution in [2.24, 2.45) is 0 Å². The molecule has 1 aromatic heterocycles. The molecule has 0 saturated heterocycles. The van der Waals surface area contributed by atoms with Crippen LogP contribution in [0.1, 0.15) is 11.1 Å². The third kappa shape index (κ3) is 1.19. The van der Waals surface area contributed by atoms with E-state index in [9.17, 15) is 0 Å². The summed E-state index contributed by atoms with van der Waals surface area (Å²) in [6, 6.07) is 0. The molecule has 1 rings (SSSR count). The Balaban J connectivity index is 3.18. The molecule has 0 aromatic carbocycles. The summed E-state index contributed by atoms with van der Waals surface area (Å²) in [5.74, 6) is 0.481. The summed E-state index contributed by atoms with van der Waals surface area (Å²) in [4.78, 5) is 0. The molecule has 0 radical (unpaired) electrons. The summed E-state index contributed by atoms with van der Waals surface area (Å²) in [5, 5.41) is 0. The second kappa shape index (κ2) is 3.10. The number of furan rings is 1. The van der Waals surface area contributed by atoms with Crippen LogP contribution in [0.2, 0.25) is 0 Å². The Hall–Kier alpha value is -1.44. The van der Waals surface area contributed by atoms with Gasteiger partial charge in [0.05, 0.1) is 12.7 Å². The standard InChI is InChI=1S/C9H10O2/c1-4-7-6-11-9(10-3)8(7)5-2/h4-6H,1-2H2,3H3. The monoisotopic (exact) mass is 150 g/mol. The topological polar surface area (TPSA) is 22.4 Å². The van der Waals surface area contributed by atoms with Crippen molar-refractivity contribution in [1.82, 2.24) is 0 Å². The number of rotatable bonds is 3. The molecule has 0 atom stereocenters. The van der Waals surface area contributed by atoms with E-state index in [1.807, 2.05) is 0 Å². The molecule has 0 spiro atoms. The van der Waals surface area contributed by atoms with Crippen LogP contribution in [0.4, 0.5) is 0 Å². The van der Waals surface area contributed by atoms with Crippen LogP contribution in [-0.2, 0) is 0 Å². The number of methoxy groups -OCH3 is 1. The lowest BCUT2D eigenvalue weighted by Crippen LogP contribution is -1.81. The Morgan fingerprint density at radius 3 is 2.64 bits per heavy atom. The van der Waals surface area contributed by atoms with Gasteiger partial charge in [-0.3, -0.25) is 0 Å². The van der Waals surface area contributed by atoms with Gasteiger partial charge in [0.15, 0.2) is 0 Å². The zero-order valence-corrected chi connectivity index (χ0v) is 6.46. The lowest BCUT2D eigenvalue weighted by molar-refractivity contribution is 0.304. The SMILES string of the molecule is C=Cc1coc(OC)c1C=C. The molecule has 0 fully saturated rings. The fraction of sp³-hybridized carbons (Fsp3) is 0.111. The van der Waals surface area contributed by atoms with Gasteiger partial charge in [-0.25, -0.2) is 0 Å². The Kier molecular flexibility index (Phi) is 2.16. The maximum atomic E-state index is 5.06. The lowest BCUT2D eigenvalue weighted by Gasteiger charge is -1.94. The molecular formula is C9H10O2. The predicted molar refractivity (Wildman–Crippen MR) is 45.4 cm³/mol. The van der Waals surface area contributed by atoms with E-state index in [-0.39, 0.29) is 0 Å². The van der Waals surface area contributed by atoms with Crippen molar-refractivity contribution in [3.63, 3.8) is 0 Å². The van der Waals surface area contributed by atoms with E-state index in [1.54, 1.807) is 25.5 Å². The zero-order chi connectivity index (χ0) is 8.27. The van der Waals surface area contributed by atoms with Gasteiger partial charge in [0, 0.05) is 5.56 Å². The highest BCUT2D eigenvalue weighted by Crippen LogP contribution is 2.26. The second-order valence-electron chi connectivity index (χ2n) is 2.00. The molecule has 0 N–H and O–H groups in total. The molecule has 0 aliphatic rings. The minimum atomic E-state index is 0.481. The lowest BCUT2D eigenvalue weighted by atomic mass is 10.2. The molecule has 0 unspecified atom stereocenters. The van der Waals surface area contributed by atoms with Crippen molar-refractivity contribution in [1.29, 1.82) is 0 Å². The van der Waals surface area contributed by atoms with E-state index in [4.69, 9.17) is 9.15 Å². The van der Waals surface area contributed by atoms with Crippen LogP contribution in [-0.4, -0.2) is 7.11 Å². The quantitative estimate of drug-likeness (QED) is 0.660. The molecule has 0 amide bonds. The van der Waals surface area contributed by atoms with Crippen LogP contribution in [0, 0.1) is 0 Å². The van der Waals surface area contributed by atoms with Crippen LogP contribution in [0.5, 0.6) is 5.95 Å². The molecule has 2 heteroatoms. The van der Waals surface area contributed by atoms with Crippen molar-refractivity contribution in [3.05, 3.63) is 30.5 Å². The third-order valence-electron chi connectivity index (χ3n) is 1.43. The summed E-state index contributed by atoms with van der Waals surface area (Å²) < 4.78 is 10.00. The van der Waals surface area contributed by atoms with Gasteiger partial charge in [-0.15, -0.1) is 0 Å². The van der Waals surface area contributed by atoms with Gasteiger partial charge in [-0.1, -0.05) is 25.3 Å². The Morgan fingerprint density at radius 2 is 2.18 bits per heavy atom. The van der Waals surface area contributed by atoms with Gasteiger partial charge in [-0.2, -0.15) is 0 Å². The summed E-state index contributed by atoms with van der Waals surface area (Å²) in [7, 11) is 1.55. The van der Waals surface area contributed by atoms with Gasteiger partial charge < -0.3 is 9.15 Å². The molecule has 2 nitrogen and oxygen atoms in total. The van der Waals surface area contributed by atoms with Gasteiger partial charge in [0.2, 0.25) is 0 Å². The summed E-state index contributed by atoms with van der Waals surface area (Å²) in [5.41, 5.74) is 1.75. The number of hydrogen-bond acceptors (Lipinski definition) is 2. The predicted octanol–water partition coefficient (Wildman–Crippen LogP) is 2.57. The van der Waals surface area contributed by atoms with Gasteiger partial charge >= 0.3 is 0 Å². The molecular weight excluding hydrogens is 140 g/mol. The first kappa shape index (κ1) is 7.66. The van der Waals surface area contributed by atoms with Crippen molar-refractivity contribution in [2.45, 2.75) is 0 Å². The van der Waals surface area contributed by atoms with E-state index >= 15 is 0 Å². The van der Waals surface area contributed by atoms with E-state index in [2.05, 4.69) is 13.2 Å². The minimum absolute atomic E-state index is 0.481. The smallest absolute Gasteiger partial charge is 0.292 e. The van der Waals surface area contributed by atoms with Crippen molar-refractivity contribution >= 4 is 12.2 Å². The van der Waals surface area contributed by atoms with E-state index in [1.165, 1.54) is 0 Å². The van der Waals surface area contributed by atoms with Gasteiger partial charge in [0.1, 0.15) is 6.26 Å². The summed E-state index contributed by atoms with van der Waals surface area (Å²) in [6.07, 6.45) is 4.96. The molecule has 1 heterocycles. The Morgan fingerprint density at radius 1 is 1.45 bits per heavy atom. The Labute approximate surface area is 65.8 Å². The highest BCUT2D eigenvalue weighted by Gasteiger charge is 2.07. The Bertz CT molecular complexity index is 271. The average molecular weight is 150 g/mol. The maximum Gasteiger partial charge on any atom is 0.292 e. The van der Waals surface area contributed by atoms with Gasteiger partial charge in [-0.05, 0) is 0 Å². The molecule has 1 aromatic rings. The molecule has 0 bridgehead atoms. The van der Waals surface area contributed by atoms with Gasteiger partial charge in [0.25, 0.3) is 5.95 Å². The van der Waals surface area contributed by atoms with E-state index in [0.717, 1.165) is 11.1 Å². The first-order valence-corrected chi connectivity index (χ1v) is 3.23. The van der Waals surface area contributed by atoms with Crippen molar-refractivity contribution in [3.8, 4) is 5.95 Å². The largest absolute Gasteiger partial charge is 0.468 e. The molecule has 0 aliphatic heterocycles. The molecule has 0 aliphatic carbocycles. The van der Waals surface area contributed by atoms with E-state index < -0.39 is 0 Å². The first-order chi connectivity index (χ1) is 5.33. The maximum absolute atomic E-state index is 5.06. The summed E-state index contributed by atoms with van der Waals surface area (Å²) in [6.45, 7) is 7.26.